The molecule has 1 amide bonds. The fourth-order valence-electron chi connectivity index (χ4n) is 2.48. The molecule has 0 saturated heterocycles. The lowest BCUT2D eigenvalue weighted by molar-refractivity contribution is 0.0925. The largest absolute Gasteiger partial charge is 0.493 e. The van der Waals surface area contributed by atoms with Crippen molar-refractivity contribution in [3.8, 4) is 5.75 Å². The number of hydrogen-bond donors (Lipinski definition) is 1. The number of ether oxygens (including phenoxy) is 1. The average molecular weight is 346 g/mol. The summed E-state index contributed by atoms with van der Waals surface area (Å²) >= 11 is 3.40. The number of halogens is 1. The minimum Gasteiger partial charge on any atom is -0.493 e. The molecule has 0 spiro atoms. The molecule has 1 N–H and O–H groups in total. The van der Waals surface area contributed by atoms with Crippen LogP contribution in [0.3, 0.4) is 0 Å². The third-order valence-electron chi connectivity index (χ3n) is 3.63. The Bertz CT molecular complexity index is 639. The molecule has 2 aromatic rings. The molecule has 1 unspecified atom stereocenters. The van der Waals surface area contributed by atoms with Gasteiger partial charge < -0.3 is 10.1 Å². The molecule has 0 saturated carbocycles. The third-order valence-corrected chi connectivity index (χ3v) is 4.28. The highest BCUT2D eigenvalue weighted by Gasteiger charge is 2.22. The second-order valence-electron chi connectivity index (χ2n) is 5.03. The average Bonchev–Trinajstić information content (AvgIpc) is 2.55. The molecule has 1 atom stereocenters. The first kappa shape index (κ1) is 14.1. The van der Waals surface area contributed by atoms with Crippen LogP contribution in [-0.2, 0) is 5.33 Å². The zero-order valence-electron chi connectivity index (χ0n) is 11.5. The van der Waals surface area contributed by atoms with Crippen LogP contribution in [0.25, 0.3) is 0 Å². The molecule has 1 heterocycles. The molecule has 3 nitrogen and oxygen atoms in total. The highest BCUT2D eigenvalue weighted by atomic mass is 79.9. The Morgan fingerprint density at radius 2 is 1.95 bits per heavy atom. The van der Waals surface area contributed by atoms with E-state index in [1.165, 1.54) is 0 Å². The smallest absolute Gasteiger partial charge is 0.251 e. The van der Waals surface area contributed by atoms with Gasteiger partial charge in [-0.3, -0.25) is 4.79 Å². The first-order chi connectivity index (χ1) is 10.3. The van der Waals surface area contributed by atoms with Crippen molar-refractivity contribution in [3.05, 3.63) is 65.2 Å². The van der Waals surface area contributed by atoms with E-state index in [2.05, 4.69) is 21.2 Å². The highest BCUT2D eigenvalue weighted by molar-refractivity contribution is 9.08. The van der Waals surface area contributed by atoms with Crippen molar-refractivity contribution in [2.24, 2.45) is 0 Å². The van der Waals surface area contributed by atoms with Crippen molar-refractivity contribution in [1.82, 2.24) is 5.32 Å². The van der Waals surface area contributed by atoms with Gasteiger partial charge in [-0.1, -0.05) is 46.3 Å². The van der Waals surface area contributed by atoms with E-state index in [9.17, 15) is 4.79 Å². The maximum atomic E-state index is 12.4. The van der Waals surface area contributed by atoms with Gasteiger partial charge in [-0.2, -0.15) is 0 Å². The molecule has 0 fully saturated rings. The molecule has 3 rings (SSSR count). The number of hydrogen-bond acceptors (Lipinski definition) is 2. The first-order valence-electron chi connectivity index (χ1n) is 6.95. The van der Waals surface area contributed by atoms with E-state index in [-0.39, 0.29) is 11.9 Å². The Morgan fingerprint density at radius 1 is 1.19 bits per heavy atom. The van der Waals surface area contributed by atoms with Crippen LogP contribution in [0.2, 0.25) is 0 Å². The standard InChI is InChI=1S/C17H16BrNO2/c18-11-12-5-7-13(8-6-12)17(20)19-15-9-10-21-16-4-2-1-3-14(15)16/h1-8,15H,9-11H2,(H,19,20). The predicted molar refractivity (Wildman–Crippen MR) is 85.8 cm³/mol. The number of fused-ring (bicyclic) bond motifs is 1. The topological polar surface area (TPSA) is 38.3 Å². The van der Waals surface area contributed by atoms with Crippen LogP contribution >= 0.6 is 15.9 Å². The van der Waals surface area contributed by atoms with Crippen LogP contribution in [0.15, 0.2) is 48.5 Å². The Labute approximate surface area is 132 Å². The molecule has 0 bridgehead atoms. The second kappa shape index (κ2) is 6.31. The molecular formula is C17H16BrNO2. The van der Waals surface area contributed by atoms with Gasteiger partial charge in [0.25, 0.3) is 5.91 Å². The summed E-state index contributed by atoms with van der Waals surface area (Å²) < 4.78 is 5.61. The summed E-state index contributed by atoms with van der Waals surface area (Å²) in [6, 6.07) is 15.5. The van der Waals surface area contributed by atoms with Crippen molar-refractivity contribution in [1.29, 1.82) is 0 Å². The van der Waals surface area contributed by atoms with Gasteiger partial charge >= 0.3 is 0 Å². The number of alkyl halides is 1. The Kier molecular flexibility index (Phi) is 4.25. The van der Waals surface area contributed by atoms with Crippen LogP contribution in [0.4, 0.5) is 0 Å². The molecule has 2 aromatic carbocycles. The summed E-state index contributed by atoms with van der Waals surface area (Å²) in [5.41, 5.74) is 2.89. The monoisotopic (exact) mass is 345 g/mol. The lowest BCUT2D eigenvalue weighted by Gasteiger charge is -2.26. The lowest BCUT2D eigenvalue weighted by Crippen LogP contribution is -2.32. The summed E-state index contributed by atoms with van der Waals surface area (Å²) in [5.74, 6) is 0.821. The molecular weight excluding hydrogens is 330 g/mol. The van der Waals surface area contributed by atoms with E-state index in [1.54, 1.807) is 0 Å². The lowest BCUT2D eigenvalue weighted by atomic mass is 10.00. The van der Waals surface area contributed by atoms with Gasteiger partial charge in [0.05, 0.1) is 12.6 Å². The summed E-state index contributed by atoms with van der Waals surface area (Å²) in [4.78, 5) is 12.4. The minimum atomic E-state index is -0.0437. The van der Waals surface area contributed by atoms with Crippen LogP contribution in [0, 0.1) is 0 Å². The number of para-hydroxylation sites is 1. The molecule has 1 aliphatic rings. The third kappa shape index (κ3) is 3.10. The number of amides is 1. The number of rotatable bonds is 3. The second-order valence-corrected chi connectivity index (χ2v) is 5.59. The summed E-state index contributed by atoms with van der Waals surface area (Å²) in [6.07, 6.45) is 0.794. The fourth-order valence-corrected chi connectivity index (χ4v) is 2.85. The van der Waals surface area contributed by atoms with Gasteiger partial charge in [-0.15, -0.1) is 0 Å². The van der Waals surface area contributed by atoms with Gasteiger partial charge in [-0.25, -0.2) is 0 Å². The molecule has 1 aliphatic heterocycles. The zero-order valence-corrected chi connectivity index (χ0v) is 13.1. The van der Waals surface area contributed by atoms with E-state index in [0.29, 0.717) is 12.2 Å². The van der Waals surface area contributed by atoms with E-state index in [4.69, 9.17) is 4.74 Å². The van der Waals surface area contributed by atoms with Gasteiger partial charge in [-0.05, 0) is 23.8 Å². The number of benzene rings is 2. The fraction of sp³-hybridized carbons (Fsp3) is 0.235. The van der Waals surface area contributed by atoms with Crippen molar-refractivity contribution >= 4 is 21.8 Å². The van der Waals surface area contributed by atoms with Crippen molar-refractivity contribution in [3.63, 3.8) is 0 Å². The zero-order chi connectivity index (χ0) is 14.7. The number of carbonyl (C=O) groups excluding carboxylic acids is 1. The van der Waals surface area contributed by atoms with Crippen LogP contribution in [-0.4, -0.2) is 12.5 Å². The van der Waals surface area contributed by atoms with Crippen molar-refractivity contribution in [2.75, 3.05) is 6.61 Å². The molecule has 4 heteroatoms. The number of carbonyl (C=O) groups is 1. The molecule has 21 heavy (non-hydrogen) atoms. The maximum absolute atomic E-state index is 12.4. The molecule has 108 valence electrons. The minimum absolute atomic E-state index is 0.0123. The van der Waals surface area contributed by atoms with E-state index < -0.39 is 0 Å². The van der Waals surface area contributed by atoms with E-state index in [1.807, 2.05) is 48.5 Å². The van der Waals surface area contributed by atoms with Crippen molar-refractivity contribution < 1.29 is 9.53 Å². The van der Waals surface area contributed by atoms with Gasteiger partial charge in [0, 0.05) is 22.9 Å². The number of nitrogens with one attached hydrogen (secondary N) is 1. The maximum Gasteiger partial charge on any atom is 0.251 e. The summed E-state index contributed by atoms with van der Waals surface area (Å²) in [6.45, 7) is 0.629. The van der Waals surface area contributed by atoms with Crippen LogP contribution in [0.5, 0.6) is 5.75 Å². The van der Waals surface area contributed by atoms with Gasteiger partial charge in [0.2, 0.25) is 0 Å². The normalized spacial score (nSPS) is 16.7. The molecule has 0 radical (unpaired) electrons. The van der Waals surface area contributed by atoms with Crippen molar-refractivity contribution in [2.45, 2.75) is 17.8 Å². The Morgan fingerprint density at radius 3 is 2.71 bits per heavy atom. The predicted octanol–water partition coefficient (Wildman–Crippen LogP) is 3.84. The Balaban J connectivity index is 1.76. The first-order valence-corrected chi connectivity index (χ1v) is 8.07. The quantitative estimate of drug-likeness (QED) is 0.858. The van der Waals surface area contributed by atoms with E-state index in [0.717, 1.165) is 28.6 Å². The van der Waals surface area contributed by atoms with E-state index >= 15 is 0 Å². The summed E-state index contributed by atoms with van der Waals surface area (Å²) in [5, 5.41) is 3.89. The Hall–Kier alpha value is -1.81. The highest BCUT2D eigenvalue weighted by Crippen LogP contribution is 2.31. The summed E-state index contributed by atoms with van der Waals surface area (Å²) in [7, 11) is 0. The van der Waals surface area contributed by atoms with Crippen LogP contribution < -0.4 is 10.1 Å². The van der Waals surface area contributed by atoms with Crippen LogP contribution in [0.1, 0.15) is 33.9 Å². The molecule has 0 aromatic heterocycles. The van der Waals surface area contributed by atoms with Gasteiger partial charge in [0.15, 0.2) is 0 Å². The SMILES string of the molecule is O=C(NC1CCOc2ccccc21)c1ccc(CBr)cc1. The molecule has 0 aliphatic carbocycles. The van der Waals surface area contributed by atoms with Gasteiger partial charge in [0.1, 0.15) is 5.75 Å².